The molecule has 10 heteroatoms. The molecule has 180 valence electrons. The number of likely N-dealkylation sites (tertiary alicyclic amines) is 1. The summed E-state index contributed by atoms with van der Waals surface area (Å²) in [6, 6.07) is 5.29. The molecule has 1 atom stereocenters. The number of rotatable bonds is 6. The van der Waals surface area contributed by atoms with Crippen molar-refractivity contribution in [3.63, 3.8) is 0 Å². The van der Waals surface area contributed by atoms with E-state index in [4.69, 9.17) is 10.7 Å². The predicted molar refractivity (Wildman–Crippen MR) is 125 cm³/mol. The number of anilines is 1. The Bertz CT molecular complexity index is 1180. The lowest BCUT2D eigenvalue weighted by Crippen LogP contribution is -2.43. The number of nitrogens with one attached hydrogen (secondary N) is 1. The van der Waals surface area contributed by atoms with Gasteiger partial charge in [-0.2, -0.15) is 5.10 Å². The quantitative estimate of drug-likeness (QED) is 0.577. The van der Waals surface area contributed by atoms with Gasteiger partial charge in [-0.1, -0.05) is 0 Å². The predicted octanol–water partition coefficient (Wildman–Crippen LogP) is 2.50. The van der Waals surface area contributed by atoms with Crippen LogP contribution in [0.2, 0.25) is 0 Å². The van der Waals surface area contributed by atoms with E-state index in [-0.39, 0.29) is 18.0 Å². The molecule has 3 aromatic rings. The molecule has 1 amide bonds. The van der Waals surface area contributed by atoms with Crippen molar-refractivity contribution >= 4 is 17.4 Å². The van der Waals surface area contributed by atoms with E-state index in [1.807, 2.05) is 4.90 Å². The Kier molecular flexibility index (Phi) is 6.42. The summed E-state index contributed by atoms with van der Waals surface area (Å²) in [6.45, 7) is 3.85. The van der Waals surface area contributed by atoms with Gasteiger partial charge in [0.25, 0.3) is 5.91 Å². The topological polar surface area (TPSA) is 91.8 Å². The molecule has 2 aromatic heterocycles. The molecule has 2 aliphatic heterocycles. The molecular formula is C24H29F2N7O. The number of nitrogens with zero attached hydrogens (tertiary/aromatic N) is 5. The van der Waals surface area contributed by atoms with E-state index in [0.29, 0.717) is 42.1 Å². The molecule has 0 spiro atoms. The monoisotopic (exact) mass is 469 g/mol. The van der Waals surface area contributed by atoms with Crippen molar-refractivity contribution in [1.82, 2.24) is 24.8 Å². The number of aromatic nitrogens is 3. The molecule has 2 saturated heterocycles. The molecule has 0 radical (unpaired) electrons. The van der Waals surface area contributed by atoms with E-state index in [1.165, 1.54) is 12.3 Å². The number of carbonyl (C=O) groups is 1. The number of piperidine rings is 1. The maximum absolute atomic E-state index is 14.5. The largest absolute Gasteiger partial charge is 0.351 e. The maximum Gasteiger partial charge on any atom is 0.256 e. The Labute approximate surface area is 196 Å². The Morgan fingerprint density at radius 2 is 1.97 bits per heavy atom. The Hall–Kier alpha value is -3.11. The van der Waals surface area contributed by atoms with Crippen molar-refractivity contribution < 1.29 is 13.6 Å². The molecule has 0 unspecified atom stereocenters. The van der Waals surface area contributed by atoms with E-state index in [0.717, 1.165) is 51.0 Å². The average molecular weight is 470 g/mol. The third-order valence-electron chi connectivity index (χ3n) is 6.81. The highest BCUT2D eigenvalue weighted by atomic mass is 19.1. The number of hydrogen-bond acceptors (Lipinski definition) is 6. The molecule has 4 heterocycles. The van der Waals surface area contributed by atoms with Crippen molar-refractivity contribution in [2.45, 2.75) is 37.8 Å². The van der Waals surface area contributed by atoms with Crippen LogP contribution in [0, 0.1) is 11.6 Å². The summed E-state index contributed by atoms with van der Waals surface area (Å²) in [5, 5.41) is 7.22. The van der Waals surface area contributed by atoms with Crippen LogP contribution in [-0.2, 0) is 0 Å². The number of carbonyl (C=O) groups excluding carboxylic acids is 1. The molecule has 34 heavy (non-hydrogen) atoms. The van der Waals surface area contributed by atoms with Crippen LogP contribution in [0.4, 0.5) is 14.6 Å². The third-order valence-corrected chi connectivity index (χ3v) is 6.81. The first-order valence-electron chi connectivity index (χ1n) is 11.8. The van der Waals surface area contributed by atoms with Crippen LogP contribution in [0.5, 0.6) is 0 Å². The highest BCUT2D eigenvalue weighted by Crippen LogP contribution is 2.36. The summed E-state index contributed by atoms with van der Waals surface area (Å²) in [7, 11) is 0. The Morgan fingerprint density at radius 3 is 2.79 bits per heavy atom. The van der Waals surface area contributed by atoms with Gasteiger partial charge < -0.3 is 20.9 Å². The van der Waals surface area contributed by atoms with E-state index < -0.39 is 11.6 Å². The number of amides is 1. The zero-order valence-corrected chi connectivity index (χ0v) is 19.0. The first kappa shape index (κ1) is 22.7. The van der Waals surface area contributed by atoms with Gasteiger partial charge >= 0.3 is 0 Å². The van der Waals surface area contributed by atoms with Gasteiger partial charge in [-0.3, -0.25) is 4.79 Å². The summed E-state index contributed by atoms with van der Waals surface area (Å²) >= 11 is 0. The lowest BCUT2D eigenvalue weighted by atomic mass is 10.0. The second kappa shape index (κ2) is 9.63. The van der Waals surface area contributed by atoms with Crippen molar-refractivity contribution in [3.8, 4) is 0 Å². The molecule has 8 nitrogen and oxygen atoms in total. The van der Waals surface area contributed by atoms with Gasteiger partial charge in [-0.05, 0) is 63.0 Å². The SMILES string of the molecule is NC1CCN(CCNC(=O)c2cnn3ccc(N4CCC[C@@H]4c4cc(F)ccc4F)nc23)CC1. The van der Waals surface area contributed by atoms with Gasteiger partial charge in [-0.25, -0.2) is 18.3 Å². The second-order valence-corrected chi connectivity index (χ2v) is 9.06. The van der Waals surface area contributed by atoms with Gasteiger partial charge in [-0.15, -0.1) is 0 Å². The van der Waals surface area contributed by atoms with Gasteiger partial charge in [0.05, 0.1) is 12.2 Å². The van der Waals surface area contributed by atoms with Gasteiger partial charge in [0.1, 0.15) is 23.0 Å². The number of fused-ring (bicyclic) bond motifs is 1. The first-order chi connectivity index (χ1) is 16.5. The first-order valence-corrected chi connectivity index (χ1v) is 11.8. The minimum atomic E-state index is -0.464. The number of nitrogens with two attached hydrogens (primary N) is 1. The number of benzene rings is 1. The lowest BCUT2D eigenvalue weighted by molar-refractivity contribution is 0.0947. The van der Waals surface area contributed by atoms with Crippen molar-refractivity contribution in [2.24, 2.45) is 5.73 Å². The third kappa shape index (κ3) is 4.60. The van der Waals surface area contributed by atoms with Crippen molar-refractivity contribution in [3.05, 3.63) is 59.4 Å². The van der Waals surface area contributed by atoms with Gasteiger partial charge in [0.15, 0.2) is 5.65 Å². The summed E-state index contributed by atoms with van der Waals surface area (Å²) in [5.74, 6) is -0.520. The van der Waals surface area contributed by atoms with Crippen LogP contribution in [0.3, 0.4) is 0 Å². The van der Waals surface area contributed by atoms with E-state index in [2.05, 4.69) is 15.3 Å². The van der Waals surface area contributed by atoms with Crippen LogP contribution < -0.4 is 16.0 Å². The average Bonchev–Trinajstić information content (AvgIpc) is 3.49. The molecule has 2 aliphatic rings. The number of halogens is 2. The second-order valence-electron chi connectivity index (χ2n) is 9.06. The minimum absolute atomic E-state index is 0.234. The molecule has 2 fully saturated rings. The molecule has 5 rings (SSSR count). The van der Waals surface area contributed by atoms with Crippen molar-refractivity contribution in [2.75, 3.05) is 37.6 Å². The van der Waals surface area contributed by atoms with Crippen LogP contribution in [0.25, 0.3) is 5.65 Å². The van der Waals surface area contributed by atoms with Gasteiger partial charge in [0.2, 0.25) is 0 Å². The lowest BCUT2D eigenvalue weighted by Gasteiger charge is -2.29. The fourth-order valence-corrected chi connectivity index (χ4v) is 4.91. The zero-order valence-electron chi connectivity index (χ0n) is 19.0. The van der Waals surface area contributed by atoms with E-state index in [9.17, 15) is 13.6 Å². The maximum atomic E-state index is 14.5. The highest BCUT2D eigenvalue weighted by Gasteiger charge is 2.30. The summed E-state index contributed by atoms with van der Waals surface area (Å²) in [6.07, 6.45) is 6.73. The standard InChI is InChI=1S/C24H29F2N7O/c25-16-3-4-20(26)18(14-16)21-2-1-9-32(21)22-7-12-33-23(30-22)19(15-29-33)24(34)28-8-13-31-10-5-17(27)6-11-31/h3-4,7,12,14-15,17,21H,1-2,5-6,8-11,13,27H2,(H,28,34)/t21-/m1/s1. The summed E-state index contributed by atoms with van der Waals surface area (Å²) in [5.41, 5.74) is 7.09. The smallest absolute Gasteiger partial charge is 0.256 e. The van der Waals surface area contributed by atoms with Crippen LogP contribution in [0.1, 0.15) is 47.6 Å². The Balaban J connectivity index is 1.31. The normalized spacial score (nSPS) is 19.7. The van der Waals surface area contributed by atoms with Gasteiger partial charge in [0, 0.05) is 37.4 Å². The molecule has 0 bridgehead atoms. The molecule has 0 saturated carbocycles. The van der Waals surface area contributed by atoms with E-state index in [1.54, 1.807) is 16.8 Å². The fraction of sp³-hybridized carbons (Fsp3) is 0.458. The summed E-state index contributed by atoms with van der Waals surface area (Å²) in [4.78, 5) is 21.8. The molecule has 0 aliphatic carbocycles. The fourth-order valence-electron chi connectivity index (χ4n) is 4.91. The molecule has 1 aromatic carbocycles. The highest BCUT2D eigenvalue weighted by molar-refractivity contribution is 5.99. The minimum Gasteiger partial charge on any atom is -0.351 e. The van der Waals surface area contributed by atoms with Crippen molar-refractivity contribution in [1.29, 1.82) is 0 Å². The van der Waals surface area contributed by atoms with E-state index >= 15 is 0 Å². The summed E-state index contributed by atoms with van der Waals surface area (Å²) < 4.78 is 29.8. The van der Waals surface area contributed by atoms with Crippen LogP contribution >= 0.6 is 0 Å². The number of hydrogen-bond donors (Lipinski definition) is 2. The Morgan fingerprint density at radius 1 is 1.15 bits per heavy atom. The molecule has 3 N–H and O–H groups in total. The zero-order chi connectivity index (χ0) is 23.7. The van der Waals surface area contributed by atoms with Crippen LogP contribution in [-0.4, -0.2) is 64.2 Å². The van der Waals surface area contributed by atoms with Crippen LogP contribution in [0.15, 0.2) is 36.7 Å². The molecular weight excluding hydrogens is 440 g/mol.